The molecule has 0 saturated carbocycles. The molecule has 1 amide bonds. The Morgan fingerprint density at radius 2 is 2.05 bits per heavy atom. The molecule has 1 aromatic carbocycles. The first-order valence-corrected chi connectivity index (χ1v) is 5.86. The summed E-state index contributed by atoms with van der Waals surface area (Å²) in [5.41, 5.74) is 6.67. The van der Waals surface area contributed by atoms with Gasteiger partial charge in [-0.3, -0.25) is 4.79 Å². The Morgan fingerprint density at radius 3 is 2.53 bits per heavy atom. The average Bonchev–Trinajstić information content (AvgIpc) is 2.41. The van der Waals surface area contributed by atoms with Gasteiger partial charge in [-0.15, -0.1) is 6.42 Å². The number of aliphatic hydroxyl groups excluding tert-OH is 1. The Balaban J connectivity index is 2.67. The lowest BCUT2D eigenvalue weighted by atomic mass is 10.0. The Hall–Kier alpha value is -2.03. The molecule has 19 heavy (non-hydrogen) atoms. The summed E-state index contributed by atoms with van der Waals surface area (Å²) < 4.78 is 0. The smallest absolute Gasteiger partial charge is 0.240 e. The van der Waals surface area contributed by atoms with Crippen LogP contribution in [0.2, 0.25) is 0 Å². The number of carbonyl (C=O) groups is 1. The van der Waals surface area contributed by atoms with Gasteiger partial charge in [0.25, 0.3) is 0 Å². The van der Waals surface area contributed by atoms with E-state index in [2.05, 4.69) is 5.92 Å². The zero-order chi connectivity index (χ0) is 14.4. The van der Waals surface area contributed by atoms with Crippen LogP contribution in [0.3, 0.4) is 0 Å². The van der Waals surface area contributed by atoms with Crippen LogP contribution in [0.1, 0.15) is 5.56 Å². The molecule has 5 heteroatoms. The minimum Gasteiger partial charge on any atom is -0.508 e. The quantitative estimate of drug-likeness (QED) is 0.637. The molecule has 0 unspecified atom stereocenters. The number of likely N-dealkylation sites (N-methyl/N-ethyl adjacent to an activating group) is 1. The monoisotopic (exact) mass is 262 g/mol. The van der Waals surface area contributed by atoms with E-state index in [9.17, 15) is 4.79 Å². The van der Waals surface area contributed by atoms with Crippen molar-refractivity contribution < 1.29 is 15.0 Å². The maximum atomic E-state index is 12.0. The van der Waals surface area contributed by atoms with Gasteiger partial charge in [-0.2, -0.15) is 0 Å². The van der Waals surface area contributed by atoms with E-state index in [1.165, 1.54) is 24.1 Å². The van der Waals surface area contributed by atoms with E-state index in [4.69, 9.17) is 22.4 Å². The molecule has 0 radical (unpaired) electrons. The van der Waals surface area contributed by atoms with Crippen molar-refractivity contribution >= 4 is 5.91 Å². The van der Waals surface area contributed by atoms with Crippen LogP contribution in [0.5, 0.6) is 5.75 Å². The number of phenols is 1. The van der Waals surface area contributed by atoms with Crippen LogP contribution in [-0.2, 0) is 11.2 Å². The molecule has 0 aromatic heterocycles. The van der Waals surface area contributed by atoms with E-state index in [0.29, 0.717) is 6.42 Å². The van der Waals surface area contributed by atoms with Gasteiger partial charge in [-0.05, 0) is 24.1 Å². The van der Waals surface area contributed by atoms with Crippen molar-refractivity contribution in [1.82, 2.24) is 4.90 Å². The first-order chi connectivity index (χ1) is 8.99. The first kappa shape index (κ1) is 15.0. The topological polar surface area (TPSA) is 86.8 Å². The van der Waals surface area contributed by atoms with Crippen molar-refractivity contribution in [3.05, 3.63) is 29.8 Å². The molecule has 2 atom stereocenters. The maximum Gasteiger partial charge on any atom is 0.240 e. The molecule has 0 spiro atoms. The van der Waals surface area contributed by atoms with Crippen LogP contribution in [-0.4, -0.2) is 46.8 Å². The minimum atomic E-state index is -0.739. The number of rotatable bonds is 5. The molecule has 0 fully saturated rings. The third kappa shape index (κ3) is 3.98. The lowest BCUT2D eigenvalue weighted by Crippen LogP contribution is -2.48. The number of amides is 1. The summed E-state index contributed by atoms with van der Waals surface area (Å²) in [5.74, 6) is 2.16. The van der Waals surface area contributed by atoms with Gasteiger partial charge in [0.05, 0.1) is 12.6 Å². The van der Waals surface area contributed by atoms with E-state index < -0.39 is 12.1 Å². The Bertz CT molecular complexity index is 465. The van der Waals surface area contributed by atoms with Crippen LogP contribution in [0.4, 0.5) is 0 Å². The van der Waals surface area contributed by atoms with Gasteiger partial charge >= 0.3 is 0 Å². The highest BCUT2D eigenvalue weighted by Gasteiger charge is 2.23. The lowest BCUT2D eigenvalue weighted by molar-refractivity contribution is -0.133. The van der Waals surface area contributed by atoms with Gasteiger partial charge in [-0.1, -0.05) is 18.1 Å². The first-order valence-electron chi connectivity index (χ1n) is 5.86. The fourth-order valence-corrected chi connectivity index (χ4v) is 1.68. The normalized spacial score (nSPS) is 13.4. The van der Waals surface area contributed by atoms with Crippen molar-refractivity contribution in [1.29, 1.82) is 0 Å². The average molecular weight is 262 g/mol. The summed E-state index contributed by atoms with van der Waals surface area (Å²) in [4.78, 5) is 13.3. The van der Waals surface area contributed by atoms with E-state index >= 15 is 0 Å². The summed E-state index contributed by atoms with van der Waals surface area (Å²) in [6, 6.07) is 5.07. The van der Waals surface area contributed by atoms with Gasteiger partial charge in [0.2, 0.25) is 5.91 Å². The molecule has 1 aromatic rings. The van der Waals surface area contributed by atoms with E-state index in [1.807, 2.05) is 0 Å². The number of aromatic hydroxyl groups is 1. The molecule has 0 aliphatic rings. The molecule has 4 N–H and O–H groups in total. The van der Waals surface area contributed by atoms with Crippen LogP contribution in [0, 0.1) is 12.3 Å². The number of carbonyl (C=O) groups excluding carboxylic acids is 1. The van der Waals surface area contributed by atoms with E-state index in [-0.39, 0.29) is 18.3 Å². The minimum absolute atomic E-state index is 0.161. The molecule has 5 nitrogen and oxygen atoms in total. The standard InChI is InChI=1S/C14H18N2O3/c1-3-11(9-17)16(2)14(19)13(15)8-10-4-6-12(18)7-5-10/h1,4-7,11,13,17-18H,8-9,15H2,2H3/t11-,13-/m0/s1. The lowest BCUT2D eigenvalue weighted by Gasteiger charge is -2.25. The zero-order valence-corrected chi connectivity index (χ0v) is 10.8. The maximum absolute atomic E-state index is 12.0. The van der Waals surface area contributed by atoms with Crippen molar-refractivity contribution in [2.75, 3.05) is 13.7 Å². The number of phenolic OH excluding ortho intramolecular Hbond substituents is 1. The number of benzene rings is 1. The zero-order valence-electron chi connectivity index (χ0n) is 10.8. The van der Waals surface area contributed by atoms with Gasteiger partial charge in [-0.25, -0.2) is 0 Å². The highest BCUT2D eigenvalue weighted by atomic mass is 16.3. The van der Waals surface area contributed by atoms with Crippen molar-refractivity contribution in [3.63, 3.8) is 0 Å². The Morgan fingerprint density at radius 1 is 1.47 bits per heavy atom. The van der Waals surface area contributed by atoms with Crippen LogP contribution < -0.4 is 5.73 Å². The second-order valence-electron chi connectivity index (χ2n) is 4.29. The second kappa shape index (κ2) is 6.78. The summed E-state index contributed by atoms with van der Waals surface area (Å²) >= 11 is 0. The van der Waals surface area contributed by atoms with Crippen molar-refractivity contribution in [2.24, 2.45) is 5.73 Å². The molecule has 0 aliphatic heterocycles. The molecule has 0 bridgehead atoms. The molecule has 0 heterocycles. The summed E-state index contributed by atoms with van der Waals surface area (Å²) in [5, 5.41) is 18.2. The molecule has 0 saturated heterocycles. The SMILES string of the molecule is C#C[C@@H](CO)N(C)C(=O)[C@@H](N)Cc1ccc(O)cc1. The summed E-state index contributed by atoms with van der Waals surface area (Å²) in [6.45, 7) is -0.301. The van der Waals surface area contributed by atoms with Crippen LogP contribution in [0.15, 0.2) is 24.3 Å². The number of hydrogen-bond acceptors (Lipinski definition) is 4. The Kier molecular flexibility index (Phi) is 5.37. The van der Waals surface area contributed by atoms with E-state index in [1.54, 1.807) is 12.1 Å². The summed E-state index contributed by atoms with van der Waals surface area (Å²) in [6.07, 6.45) is 5.56. The molecular weight excluding hydrogens is 244 g/mol. The van der Waals surface area contributed by atoms with Gasteiger partial charge < -0.3 is 20.8 Å². The number of nitrogens with two attached hydrogens (primary N) is 1. The largest absolute Gasteiger partial charge is 0.508 e. The molecule has 0 aliphatic carbocycles. The van der Waals surface area contributed by atoms with Crippen molar-refractivity contribution in [3.8, 4) is 18.1 Å². The predicted molar refractivity (Wildman–Crippen MR) is 72.3 cm³/mol. The third-order valence-electron chi connectivity index (χ3n) is 2.89. The highest BCUT2D eigenvalue weighted by molar-refractivity contribution is 5.82. The van der Waals surface area contributed by atoms with Crippen LogP contribution >= 0.6 is 0 Å². The van der Waals surface area contributed by atoms with Gasteiger partial charge in [0.1, 0.15) is 11.8 Å². The third-order valence-corrected chi connectivity index (χ3v) is 2.89. The highest BCUT2D eigenvalue weighted by Crippen LogP contribution is 2.11. The molecule has 1 rings (SSSR count). The molecule has 102 valence electrons. The number of nitrogens with zero attached hydrogens (tertiary/aromatic N) is 1. The number of terminal acetylenes is 1. The molecular formula is C14H18N2O3. The second-order valence-corrected chi connectivity index (χ2v) is 4.29. The summed E-state index contributed by atoms with van der Waals surface area (Å²) in [7, 11) is 1.51. The number of hydrogen-bond donors (Lipinski definition) is 3. The number of aliphatic hydroxyl groups is 1. The fourth-order valence-electron chi connectivity index (χ4n) is 1.68. The van der Waals surface area contributed by atoms with Crippen LogP contribution in [0.25, 0.3) is 0 Å². The Labute approximate surface area is 112 Å². The van der Waals surface area contributed by atoms with Gasteiger partial charge in [0, 0.05) is 7.05 Å². The van der Waals surface area contributed by atoms with E-state index in [0.717, 1.165) is 5.56 Å². The fraction of sp³-hybridized carbons (Fsp3) is 0.357. The van der Waals surface area contributed by atoms with Gasteiger partial charge in [0.15, 0.2) is 0 Å². The predicted octanol–water partition coefficient (Wildman–Crippen LogP) is -0.285. The van der Waals surface area contributed by atoms with Crippen molar-refractivity contribution in [2.45, 2.75) is 18.5 Å².